The molecule has 1 fully saturated rings. The van der Waals surface area contributed by atoms with Gasteiger partial charge in [-0.2, -0.15) is 12.6 Å². The standard InChI is InChI=1S/C16H33NS/c1-14(15(2,3)4)17(5)12-16(13-18)10-8-6-7-9-11-16/h14,18H,6-13H2,1-5H3. The van der Waals surface area contributed by atoms with Crippen molar-refractivity contribution in [2.24, 2.45) is 10.8 Å². The second-order valence-corrected chi connectivity index (χ2v) is 7.85. The van der Waals surface area contributed by atoms with Gasteiger partial charge in [0.2, 0.25) is 0 Å². The lowest BCUT2D eigenvalue weighted by molar-refractivity contribution is 0.0857. The number of thiol groups is 1. The third kappa shape index (κ3) is 4.45. The minimum absolute atomic E-state index is 0.358. The summed E-state index contributed by atoms with van der Waals surface area (Å²) in [4.78, 5) is 2.57. The highest BCUT2D eigenvalue weighted by molar-refractivity contribution is 7.80. The lowest BCUT2D eigenvalue weighted by Crippen LogP contribution is -2.46. The molecule has 0 saturated heterocycles. The molecule has 1 nitrogen and oxygen atoms in total. The first kappa shape index (κ1) is 16.4. The Hall–Kier alpha value is 0.310. The van der Waals surface area contributed by atoms with Crippen LogP contribution in [0.15, 0.2) is 0 Å². The summed E-state index contributed by atoms with van der Waals surface area (Å²) in [5, 5.41) is 0. The second kappa shape index (κ2) is 6.65. The molecular formula is C16H33NS. The first-order chi connectivity index (χ1) is 8.31. The van der Waals surface area contributed by atoms with E-state index in [0.29, 0.717) is 16.9 Å². The predicted octanol–water partition coefficient (Wildman–Crippen LogP) is 4.62. The maximum atomic E-state index is 4.69. The summed E-state index contributed by atoms with van der Waals surface area (Å²) in [7, 11) is 2.30. The molecule has 0 radical (unpaired) electrons. The fraction of sp³-hybridized carbons (Fsp3) is 1.00. The van der Waals surface area contributed by atoms with E-state index in [1.165, 1.54) is 45.1 Å². The van der Waals surface area contributed by atoms with Crippen LogP contribution in [0.2, 0.25) is 0 Å². The molecule has 0 aromatic rings. The van der Waals surface area contributed by atoms with Crippen LogP contribution in [0, 0.1) is 10.8 Å². The van der Waals surface area contributed by atoms with Gasteiger partial charge in [-0.15, -0.1) is 0 Å². The van der Waals surface area contributed by atoms with Gasteiger partial charge in [0.15, 0.2) is 0 Å². The summed E-state index contributed by atoms with van der Waals surface area (Å²) in [5.74, 6) is 1.05. The van der Waals surface area contributed by atoms with Crippen LogP contribution >= 0.6 is 12.6 Å². The van der Waals surface area contributed by atoms with Crippen molar-refractivity contribution in [1.82, 2.24) is 4.90 Å². The fourth-order valence-corrected chi connectivity index (χ4v) is 3.59. The van der Waals surface area contributed by atoms with Crippen molar-refractivity contribution >= 4 is 12.6 Å². The summed E-state index contributed by atoms with van der Waals surface area (Å²) in [6.07, 6.45) is 8.40. The zero-order valence-electron chi connectivity index (χ0n) is 13.1. The first-order valence-electron chi connectivity index (χ1n) is 7.62. The summed E-state index contributed by atoms with van der Waals surface area (Å²) >= 11 is 4.69. The van der Waals surface area contributed by atoms with Gasteiger partial charge in [-0.25, -0.2) is 0 Å². The first-order valence-corrected chi connectivity index (χ1v) is 8.25. The van der Waals surface area contributed by atoms with Gasteiger partial charge in [-0.1, -0.05) is 46.5 Å². The zero-order valence-corrected chi connectivity index (χ0v) is 14.0. The minimum Gasteiger partial charge on any atom is -0.303 e. The maximum absolute atomic E-state index is 4.69. The summed E-state index contributed by atoms with van der Waals surface area (Å²) in [6.45, 7) is 10.6. The summed E-state index contributed by atoms with van der Waals surface area (Å²) < 4.78 is 0. The van der Waals surface area contributed by atoms with Gasteiger partial charge in [0.05, 0.1) is 0 Å². The van der Waals surface area contributed by atoms with Gasteiger partial charge >= 0.3 is 0 Å². The van der Waals surface area contributed by atoms with E-state index >= 15 is 0 Å². The lowest BCUT2D eigenvalue weighted by Gasteiger charge is -2.42. The molecule has 108 valence electrons. The molecule has 18 heavy (non-hydrogen) atoms. The molecule has 0 aliphatic heterocycles. The van der Waals surface area contributed by atoms with Crippen LogP contribution in [-0.4, -0.2) is 30.3 Å². The topological polar surface area (TPSA) is 3.24 Å². The second-order valence-electron chi connectivity index (χ2n) is 7.53. The van der Waals surface area contributed by atoms with Crippen LogP contribution in [0.3, 0.4) is 0 Å². The molecule has 1 atom stereocenters. The van der Waals surface area contributed by atoms with Crippen molar-refractivity contribution in [3.05, 3.63) is 0 Å². The van der Waals surface area contributed by atoms with Crippen molar-refractivity contribution in [3.63, 3.8) is 0 Å². The van der Waals surface area contributed by atoms with Crippen molar-refractivity contribution in [1.29, 1.82) is 0 Å². The molecule has 0 spiro atoms. The van der Waals surface area contributed by atoms with E-state index < -0.39 is 0 Å². The average molecular weight is 272 g/mol. The molecule has 0 bridgehead atoms. The molecule has 1 unspecified atom stereocenters. The van der Waals surface area contributed by atoms with Crippen LogP contribution < -0.4 is 0 Å². The van der Waals surface area contributed by atoms with Crippen LogP contribution in [0.1, 0.15) is 66.2 Å². The lowest BCUT2D eigenvalue weighted by atomic mass is 9.80. The zero-order chi connectivity index (χ0) is 13.8. The Morgan fingerprint density at radius 2 is 1.61 bits per heavy atom. The van der Waals surface area contributed by atoms with Crippen molar-refractivity contribution in [2.75, 3.05) is 19.3 Å². The number of hydrogen-bond donors (Lipinski definition) is 1. The van der Waals surface area contributed by atoms with Crippen LogP contribution in [0.25, 0.3) is 0 Å². The van der Waals surface area contributed by atoms with Gasteiger partial charge in [0, 0.05) is 12.6 Å². The SMILES string of the molecule is CC(N(C)CC1(CS)CCCCCC1)C(C)(C)C. The highest BCUT2D eigenvalue weighted by atomic mass is 32.1. The molecule has 2 heteroatoms. The van der Waals surface area contributed by atoms with E-state index in [2.05, 4.69) is 52.3 Å². The predicted molar refractivity (Wildman–Crippen MR) is 85.5 cm³/mol. The summed E-state index contributed by atoms with van der Waals surface area (Å²) in [6, 6.07) is 0.623. The maximum Gasteiger partial charge on any atom is 0.0113 e. The van der Waals surface area contributed by atoms with Gasteiger partial charge < -0.3 is 4.90 Å². The van der Waals surface area contributed by atoms with Crippen LogP contribution in [0.5, 0.6) is 0 Å². The number of nitrogens with zero attached hydrogens (tertiary/aromatic N) is 1. The van der Waals surface area contributed by atoms with Gasteiger partial charge in [0.1, 0.15) is 0 Å². The molecule has 1 aliphatic rings. The molecule has 1 saturated carbocycles. The van der Waals surface area contributed by atoms with E-state index in [-0.39, 0.29) is 0 Å². The molecule has 0 heterocycles. The van der Waals surface area contributed by atoms with E-state index in [1.807, 2.05) is 0 Å². The third-order valence-electron chi connectivity index (χ3n) is 5.00. The largest absolute Gasteiger partial charge is 0.303 e. The normalized spacial score (nSPS) is 22.8. The molecule has 1 aliphatic carbocycles. The molecule has 0 amide bonds. The Balaban J connectivity index is 2.66. The highest BCUT2D eigenvalue weighted by Crippen LogP contribution is 2.38. The molecule has 0 aromatic heterocycles. The van der Waals surface area contributed by atoms with Crippen molar-refractivity contribution in [3.8, 4) is 0 Å². The fourth-order valence-electron chi connectivity index (χ4n) is 3.17. The molecular weight excluding hydrogens is 238 g/mol. The Labute approximate surface area is 120 Å². The van der Waals surface area contributed by atoms with E-state index in [0.717, 1.165) is 5.75 Å². The van der Waals surface area contributed by atoms with E-state index in [4.69, 9.17) is 0 Å². The van der Waals surface area contributed by atoms with Crippen molar-refractivity contribution in [2.45, 2.75) is 72.3 Å². The Kier molecular flexibility index (Phi) is 6.05. The highest BCUT2D eigenvalue weighted by Gasteiger charge is 2.34. The summed E-state index contributed by atoms with van der Waals surface area (Å²) in [5.41, 5.74) is 0.825. The van der Waals surface area contributed by atoms with Gasteiger partial charge in [-0.05, 0) is 43.4 Å². The van der Waals surface area contributed by atoms with Gasteiger partial charge in [0.25, 0.3) is 0 Å². The molecule has 0 aromatic carbocycles. The van der Waals surface area contributed by atoms with E-state index in [9.17, 15) is 0 Å². The van der Waals surface area contributed by atoms with Gasteiger partial charge in [-0.3, -0.25) is 0 Å². The van der Waals surface area contributed by atoms with Crippen LogP contribution in [0.4, 0.5) is 0 Å². The number of hydrogen-bond acceptors (Lipinski definition) is 2. The van der Waals surface area contributed by atoms with Crippen LogP contribution in [-0.2, 0) is 0 Å². The minimum atomic E-state index is 0.358. The monoisotopic (exact) mass is 271 g/mol. The Morgan fingerprint density at radius 1 is 1.11 bits per heavy atom. The third-order valence-corrected chi connectivity index (χ3v) is 5.67. The van der Waals surface area contributed by atoms with E-state index in [1.54, 1.807) is 0 Å². The quantitative estimate of drug-likeness (QED) is 0.576. The Bertz CT molecular complexity index is 236. The Morgan fingerprint density at radius 3 is 2.00 bits per heavy atom. The number of rotatable bonds is 4. The molecule has 0 N–H and O–H groups in total. The molecule has 1 rings (SSSR count). The average Bonchev–Trinajstić information content (AvgIpc) is 2.53. The van der Waals surface area contributed by atoms with Crippen molar-refractivity contribution < 1.29 is 0 Å². The smallest absolute Gasteiger partial charge is 0.0113 e.